The monoisotopic (exact) mass is 329 g/mol. The lowest BCUT2D eigenvalue weighted by Gasteiger charge is -2.34. The van der Waals surface area contributed by atoms with Gasteiger partial charge in [0.05, 0.1) is 10.9 Å². The van der Waals surface area contributed by atoms with Crippen LogP contribution >= 0.6 is 0 Å². The number of fused-ring (bicyclic) bond motifs is 6. The van der Waals surface area contributed by atoms with E-state index < -0.39 is 0 Å². The molecule has 1 fully saturated rings. The third-order valence-corrected chi connectivity index (χ3v) is 7.64. The van der Waals surface area contributed by atoms with Gasteiger partial charge >= 0.3 is 0 Å². The van der Waals surface area contributed by atoms with Gasteiger partial charge in [0.15, 0.2) is 11.2 Å². The zero-order chi connectivity index (χ0) is 16.8. The third-order valence-electron chi connectivity index (χ3n) is 7.64. The van der Waals surface area contributed by atoms with Gasteiger partial charge in [-0.05, 0) is 55.0 Å². The van der Waals surface area contributed by atoms with Crippen molar-refractivity contribution in [3.8, 4) is 0 Å². The zero-order valence-electron chi connectivity index (χ0n) is 15.2. The van der Waals surface area contributed by atoms with Crippen molar-refractivity contribution in [3.05, 3.63) is 47.3 Å². The molecule has 2 heteroatoms. The van der Waals surface area contributed by atoms with Crippen molar-refractivity contribution in [3.63, 3.8) is 0 Å². The highest BCUT2D eigenvalue weighted by Crippen LogP contribution is 2.54. The van der Waals surface area contributed by atoms with E-state index >= 15 is 0 Å². The molecule has 126 valence electrons. The van der Waals surface area contributed by atoms with Crippen molar-refractivity contribution in [1.29, 1.82) is 0 Å². The molecule has 2 bridgehead atoms. The summed E-state index contributed by atoms with van der Waals surface area (Å²) < 4.78 is 2.83. The van der Waals surface area contributed by atoms with Gasteiger partial charge in [0.25, 0.3) is 0 Å². The number of hydrogen-bond donors (Lipinski definition) is 0. The van der Waals surface area contributed by atoms with Gasteiger partial charge in [-0.25, -0.2) is 0 Å². The van der Waals surface area contributed by atoms with Crippen molar-refractivity contribution < 1.29 is 4.57 Å². The third kappa shape index (κ3) is 1.57. The first-order chi connectivity index (χ1) is 12.3. The highest BCUT2D eigenvalue weighted by Gasteiger charge is 2.51. The molecule has 3 heterocycles. The molecule has 2 unspecified atom stereocenters. The highest BCUT2D eigenvalue weighted by atomic mass is 15.1. The fourth-order valence-electron chi connectivity index (χ4n) is 6.31. The van der Waals surface area contributed by atoms with Crippen molar-refractivity contribution in [1.82, 2.24) is 4.98 Å². The van der Waals surface area contributed by atoms with Crippen LogP contribution in [-0.2, 0) is 12.0 Å². The van der Waals surface area contributed by atoms with E-state index in [1.165, 1.54) is 59.5 Å². The summed E-state index contributed by atoms with van der Waals surface area (Å²) >= 11 is 0. The van der Waals surface area contributed by atoms with Crippen molar-refractivity contribution in [2.75, 3.05) is 0 Å². The molecule has 2 atom stereocenters. The Kier molecular flexibility index (Phi) is 2.62. The molecule has 3 aromatic rings. The van der Waals surface area contributed by atoms with Crippen molar-refractivity contribution in [2.45, 2.75) is 69.7 Å². The molecule has 0 spiro atoms. The normalized spacial score (nSPS) is 25.2. The first-order valence-electron chi connectivity index (χ1n) is 10.1. The molecular weight excluding hydrogens is 304 g/mol. The van der Waals surface area contributed by atoms with Crippen LogP contribution in [0.1, 0.15) is 74.6 Å². The molecule has 0 radical (unpaired) electrons. The van der Waals surface area contributed by atoms with E-state index in [0.717, 1.165) is 18.3 Å². The van der Waals surface area contributed by atoms with E-state index in [0.29, 0.717) is 0 Å². The molecule has 0 saturated heterocycles. The van der Waals surface area contributed by atoms with Gasteiger partial charge in [0.1, 0.15) is 0 Å². The molecule has 2 nitrogen and oxygen atoms in total. The van der Waals surface area contributed by atoms with Crippen LogP contribution in [0.4, 0.5) is 0 Å². The van der Waals surface area contributed by atoms with Crippen LogP contribution in [0.25, 0.3) is 21.8 Å². The average molecular weight is 329 g/mol. The van der Waals surface area contributed by atoms with Crippen LogP contribution in [-0.4, -0.2) is 4.98 Å². The molecule has 1 saturated carbocycles. The largest absolute Gasteiger partial charge is 0.256 e. The lowest BCUT2D eigenvalue weighted by molar-refractivity contribution is -0.751. The Hall–Kier alpha value is -1.96. The van der Waals surface area contributed by atoms with Gasteiger partial charge in [0.2, 0.25) is 5.52 Å². The first-order valence-corrected chi connectivity index (χ1v) is 10.1. The smallest absolute Gasteiger partial charge is 0.222 e. The van der Waals surface area contributed by atoms with Crippen molar-refractivity contribution >= 4 is 21.8 Å². The van der Waals surface area contributed by atoms with Crippen LogP contribution in [0.3, 0.4) is 0 Å². The number of pyridine rings is 2. The standard InChI is InChI=1S/C23H25N2/c1-3-23(4-2)13-17-9-10-24-19-8-7-16-12-18-14-5-6-15(11-14)21(18)25(23)22(16)20(17)19/h7-10,12,14-15H,3-6,11,13H2,1-2H3/q+1. The Labute approximate surface area is 148 Å². The predicted octanol–water partition coefficient (Wildman–Crippen LogP) is 5.11. The van der Waals surface area contributed by atoms with Crippen LogP contribution in [0, 0.1) is 0 Å². The Morgan fingerprint density at radius 1 is 1.12 bits per heavy atom. The Bertz CT molecular complexity index is 1050. The Morgan fingerprint density at radius 3 is 2.80 bits per heavy atom. The number of aromatic nitrogens is 2. The quantitative estimate of drug-likeness (QED) is 0.471. The molecular formula is C23H25N2+. The van der Waals surface area contributed by atoms with Gasteiger partial charge in [0, 0.05) is 42.3 Å². The number of benzene rings is 1. The summed E-state index contributed by atoms with van der Waals surface area (Å²) in [6.45, 7) is 4.78. The van der Waals surface area contributed by atoms with E-state index in [-0.39, 0.29) is 5.54 Å². The molecule has 0 amide bonds. The van der Waals surface area contributed by atoms with Gasteiger partial charge in [-0.1, -0.05) is 13.8 Å². The molecule has 1 aromatic carbocycles. The molecule has 2 aromatic heterocycles. The molecule has 0 N–H and O–H groups in total. The van der Waals surface area contributed by atoms with Crippen LogP contribution < -0.4 is 4.57 Å². The molecule has 2 aliphatic carbocycles. The van der Waals surface area contributed by atoms with E-state index in [1.807, 2.05) is 6.20 Å². The summed E-state index contributed by atoms with van der Waals surface area (Å²) in [5.41, 5.74) is 7.74. The van der Waals surface area contributed by atoms with Crippen molar-refractivity contribution in [2.24, 2.45) is 0 Å². The summed E-state index contributed by atoms with van der Waals surface area (Å²) in [4.78, 5) is 4.69. The van der Waals surface area contributed by atoms with Gasteiger partial charge in [-0.3, -0.25) is 4.98 Å². The second-order valence-electron chi connectivity index (χ2n) is 8.50. The van der Waals surface area contributed by atoms with E-state index in [9.17, 15) is 0 Å². The van der Waals surface area contributed by atoms with Gasteiger partial charge < -0.3 is 0 Å². The lowest BCUT2D eigenvalue weighted by atomic mass is 9.78. The summed E-state index contributed by atoms with van der Waals surface area (Å²) in [6.07, 6.45) is 9.74. The van der Waals surface area contributed by atoms with E-state index in [2.05, 4.69) is 42.7 Å². The number of hydrogen-bond acceptors (Lipinski definition) is 1. The van der Waals surface area contributed by atoms with Crippen LogP contribution in [0.5, 0.6) is 0 Å². The first kappa shape index (κ1) is 14.2. The SMILES string of the molecule is CCC1(CC)Cc2ccnc3ccc4cc5c([n+]1c4c23)C1CCC5C1. The highest BCUT2D eigenvalue weighted by molar-refractivity contribution is 6.04. The van der Waals surface area contributed by atoms with Crippen LogP contribution in [0.2, 0.25) is 0 Å². The predicted molar refractivity (Wildman–Crippen MR) is 101 cm³/mol. The summed E-state index contributed by atoms with van der Waals surface area (Å²) in [5, 5.41) is 2.85. The summed E-state index contributed by atoms with van der Waals surface area (Å²) in [5.74, 6) is 1.60. The topological polar surface area (TPSA) is 16.8 Å². The number of rotatable bonds is 2. The fraction of sp³-hybridized carbons (Fsp3) is 0.478. The second kappa shape index (κ2) is 4.60. The molecule has 25 heavy (non-hydrogen) atoms. The minimum atomic E-state index is 0.233. The van der Waals surface area contributed by atoms with E-state index in [1.54, 1.807) is 11.3 Å². The minimum absolute atomic E-state index is 0.233. The van der Waals surface area contributed by atoms with Crippen LogP contribution in [0.15, 0.2) is 30.5 Å². The second-order valence-corrected chi connectivity index (χ2v) is 8.50. The number of nitrogens with zero attached hydrogens (tertiary/aromatic N) is 2. The maximum absolute atomic E-state index is 4.69. The lowest BCUT2D eigenvalue weighted by Crippen LogP contribution is -2.61. The van der Waals surface area contributed by atoms with Gasteiger partial charge in [-0.15, -0.1) is 0 Å². The average Bonchev–Trinajstić information content (AvgIpc) is 3.27. The van der Waals surface area contributed by atoms with Gasteiger partial charge in [-0.2, -0.15) is 4.57 Å². The fourth-order valence-corrected chi connectivity index (χ4v) is 6.31. The molecule has 3 aliphatic rings. The maximum atomic E-state index is 4.69. The summed E-state index contributed by atoms with van der Waals surface area (Å²) in [7, 11) is 0. The minimum Gasteiger partial charge on any atom is -0.256 e. The Morgan fingerprint density at radius 2 is 1.96 bits per heavy atom. The Balaban J connectivity index is 1.88. The summed E-state index contributed by atoms with van der Waals surface area (Å²) in [6, 6.07) is 9.35. The maximum Gasteiger partial charge on any atom is 0.222 e. The molecule has 1 aliphatic heterocycles. The molecule has 6 rings (SSSR count). The van der Waals surface area contributed by atoms with E-state index in [4.69, 9.17) is 4.98 Å². The zero-order valence-corrected chi connectivity index (χ0v) is 15.2.